The van der Waals surface area contributed by atoms with Gasteiger partial charge in [-0.1, -0.05) is 6.07 Å². The third-order valence-corrected chi connectivity index (χ3v) is 3.08. The number of aromatic nitrogens is 6. The SMILES string of the molecule is CNc1nc(-c2cccs2)nc(-n2cncn2)n1. The van der Waals surface area contributed by atoms with Gasteiger partial charge in [-0.05, 0) is 11.4 Å². The van der Waals surface area contributed by atoms with Gasteiger partial charge in [0.1, 0.15) is 12.7 Å². The van der Waals surface area contributed by atoms with Crippen LogP contribution < -0.4 is 5.32 Å². The summed E-state index contributed by atoms with van der Waals surface area (Å²) in [6.07, 6.45) is 2.99. The molecule has 0 aromatic carbocycles. The van der Waals surface area contributed by atoms with E-state index in [1.807, 2.05) is 17.5 Å². The van der Waals surface area contributed by atoms with Crippen LogP contribution in [0.25, 0.3) is 16.6 Å². The third kappa shape index (κ3) is 1.93. The predicted molar refractivity (Wildman–Crippen MR) is 67.6 cm³/mol. The van der Waals surface area contributed by atoms with Gasteiger partial charge >= 0.3 is 0 Å². The Labute approximate surface area is 107 Å². The molecule has 0 aliphatic heterocycles. The van der Waals surface area contributed by atoms with Crippen LogP contribution in [-0.4, -0.2) is 36.8 Å². The summed E-state index contributed by atoms with van der Waals surface area (Å²) in [4.78, 5) is 17.8. The summed E-state index contributed by atoms with van der Waals surface area (Å²) in [5, 5.41) is 8.90. The molecule has 0 saturated carbocycles. The Balaban J connectivity index is 2.13. The van der Waals surface area contributed by atoms with Crippen LogP contribution in [-0.2, 0) is 0 Å². The minimum atomic E-state index is 0.440. The Morgan fingerprint density at radius 2 is 2.22 bits per heavy atom. The van der Waals surface area contributed by atoms with E-state index in [0.29, 0.717) is 17.7 Å². The Hall–Kier alpha value is -2.35. The van der Waals surface area contributed by atoms with E-state index in [-0.39, 0.29) is 0 Å². The van der Waals surface area contributed by atoms with Crippen molar-refractivity contribution < 1.29 is 0 Å². The molecule has 3 heterocycles. The van der Waals surface area contributed by atoms with Crippen molar-refractivity contribution in [1.29, 1.82) is 0 Å². The first-order valence-corrected chi connectivity index (χ1v) is 6.07. The van der Waals surface area contributed by atoms with Crippen LogP contribution in [0.15, 0.2) is 30.2 Å². The van der Waals surface area contributed by atoms with Gasteiger partial charge < -0.3 is 5.32 Å². The standard InChI is InChI=1S/C10H9N7S/c1-11-9-14-8(7-3-2-4-18-7)15-10(16-9)17-6-12-5-13-17/h2-6H,1H3,(H,11,14,15,16). The summed E-state index contributed by atoms with van der Waals surface area (Å²) in [6, 6.07) is 3.92. The molecule has 0 aliphatic carbocycles. The van der Waals surface area contributed by atoms with Crippen molar-refractivity contribution in [3.8, 4) is 16.6 Å². The molecule has 3 rings (SSSR count). The normalized spacial score (nSPS) is 10.5. The topological polar surface area (TPSA) is 81.4 Å². The number of anilines is 1. The van der Waals surface area contributed by atoms with Gasteiger partial charge in [0.05, 0.1) is 4.88 Å². The summed E-state index contributed by atoms with van der Waals surface area (Å²) in [6.45, 7) is 0. The van der Waals surface area contributed by atoms with Crippen molar-refractivity contribution in [3.05, 3.63) is 30.2 Å². The fourth-order valence-electron chi connectivity index (χ4n) is 1.41. The Kier molecular flexibility index (Phi) is 2.69. The summed E-state index contributed by atoms with van der Waals surface area (Å²) < 4.78 is 1.50. The first kappa shape index (κ1) is 10.8. The first-order valence-electron chi connectivity index (χ1n) is 5.19. The maximum atomic E-state index is 4.37. The Morgan fingerprint density at radius 1 is 1.28 bits per heavy atom. The third-order valence-electron chi connectivity index (χ3n) is 2.21. The number of thiophene rings is 1. The molecule has 1 N–H and O–H groups in total. The molecular weight excluding hydrogens is 250 g/mol. The van der Waals surface area contributed by atoms with E-state index < -0.39 is 0 Å². The maximum absolute atomic E-state index is 4.37. The minimum absolute atomic E-state index is 0.440. The van der Waals surface area contributed by atoms with Gasteiger partial charge in [0.2, 0.25) is 5.95 Å². The number of rotatable bonds is 3. The monoisotopic (exact) mass is 259 g/mol. The zero-order valence-electron chi connectivity index (χ0n) is 9.48. The number of nitrogens with one attached hydrogen (secondary N) is 1. The van der Waals surface area contributed by atoms with Gasteiger partial charge in [-0.3, -0.25) is 0 Å². The average molecular weight is 259 g/mol. The molecule has 0 atom stereocenters. The smallest absolute Gasteiger partial charge is 0.257 e. The van der Waals surface area contributed by atoms with Crippen LogP contribution in [0.3, 0.4) is 0 Å². The maximum Gasteiger partial charge on any atom is 0.257 e. The van der Waals surface area contributed by atoms with E-state index in [1.165, 1.54) is 11.0 Å². The van der Waals surface area contributed by atoms with Gasteiger partial charge in [-0.15, -0.1) is 11.3 Å². The quantitative estimate of drug-likeness (QED) is 0.761. The zero-order chi connectivity index (χ0) is 12.4. The molecule has 18 heavy (non-hydrogen) atoms. The zero-order valence-corrected chi connectivity index (χ0v) is 10.3. The largest absolute Gasteiger partial charge is 0.357 e. The second-order valence-corrected chi connectivity index (χ2v) is 4.30. The summed E-state index contributed by atoms with van der Waals surface area (Å²) in [7, 11) is 1.76. The number of hydrogen-bond donors (Lipinski definition) is 1. The van der Waals surface area contributed by atoms with Crippen molar-refractivity contribution in [3.63, 3.8) is 0 Å². The van der Waals surface area contributed by atoms with Crippen LogP contribution in [0.5, 0.6) is 0 Å². The van der Waals surface area contributed by atoms with Crippen molar-refractivity contribution in [2.45, 2.75) is 0 Å². The lowest BCUT2D eigenvalue weighted by Crippen LogP contribution is -2.07. The van der Waals surface area contributed by atoms with E-state index in [1.54, 1.807) is 24.7 Å². The minimum Gasteiger partial charge on any atom is -0.357 e. The van der Waals surface area contributed by atoms with Crippen LogP contribution >= 0.6 is 11.3 Å². The molecule has 90 valence electrons. The summed E-state index contributed by atoms with van der Waals surface area (Å²) in [5.74, 6) is 1.56. The molecule has 3 aromatic heterocycles. The van der Waals surface area contributed by atoms with E-state index in [2.05, 4.69) is 30.4 Å². The highest BCUT2D eigenvalue weighted by atomic mass is 32.1. The van der Waals surface area contributed by atoms with Crippen LogP contribution in [0.4, 0.5) is 5.95 Å². The van der Waals surface area contributed by atoms with Gasteiger partial charge in [-0.25, -0.2) is 4.98 Å². The van der Waals surface area contributed by atoms with Gasteiger partial charge in [0.15, 0.2) is 5.82 Å². The highest BCUT2D eigenvalue weighted by molar-refractivity contribution is 7.13. The van der Waals surface area contributed by atoms with Gasteiger partial charge in [-0.2, -0.15) is 24.7 Å². The highest BCUT2D eigenvalue weighted by Gasteiger charge is 2.10. The molecule has 0 unspecified atom stereocenters. The Morgan fingerprint density at radius 3 is 2.89 bits per heavy atom. The predicted octanol–water partition coefficient (Wildman–Crippen LogP) is 1.22. The van der Waals surface area contributed by atoms with E-state index in [4.69, 9.17) is 0 Å². The highest BCUT2D eigenvalue weighted by Crippen LogP contribution is 2.22. The lowest BCUT2D eigenvalue weighted by atomic mass is 10.4. The first-order chi connectivity index (χ1) is 8.86. The molecule has 0 aliphatic rings. The van der Waals surface area contributed by atoms with Crippen molar-refractivity contribution in [2.24, 2.45) is 0 Å². The number of nitrogens with zero attached hydrogens (tertiary/aromatic N) is 6. The molecule has 0 fully saturated rings. The molecule has 0 amide bonds. The lowest BCUT2D eigenvalue weighted by molar-refractivity contribution is 0.799. The number of hydrogen-bond acceptors (Lipinski definition) is 7. The molecule has 7 nitrogen and oxygen atoms in total. The van der Waals surface area contributed by atoms with Crippen molar-refractivity contribution >= 4 is 17.3 Å². The molecular formula is C10H9N7S. The molecule has 0 spiro atoms. The van der Waals surface area contributed by atoms with Gasteiger partial charge in [0, 0.05) is 7.05 Å². The van der Waals surface area contributed by atoms with Gasteiger partial charge in [0.25, 0.3) is 5.95 Å². The van der Waals surface area contributed by atoms with Crippen LogP contribution in [0.2, 0.25) is 0 Å². The van der Waals surface area contributed by atoms with E-state index in [0.717, 1.165) is 4.88 Å². The van der Waals surface area contributed by atoms with Crippen molar-refractivity contribution in [1.82, 2.24) is 29.7 Å². The summed E-state index contributed by atoms with van der Waals surface area (Å²) >= 11 is 1.58. The second kappa shape index (κ2) is 4.49. The lowest BCUT2D eigenvalue weighted by Gasteiger charge is -2.04. The van der Waals surface area contributed by atoms with E-state index >= 15 is 0 Å². The second-order valence-electron chi connectivity index (χ2n) is 3.35. The summed E-state index contributed by atoms with van der Waals surface area (Å²) in [5.41, 5.74) is 0. The van der Waals surface area contributed by atoms with E-state index in [9.17, 15) is 0 Å². The molecule has 0 radical (unpaired) electrons. The van der Waals surface area contributed by atoms with Crippen LogP contribution in [0, 0.1) is 0 Å². The molecule has 8 heteroatoms. The van der Waals surface area contributed by atoms with Crippen molar-refractivity contribution in [2.75, 3.05) is 12.4 Å². The Bertz CT molecular complexity index is 580. The molecule has 0 saturated heterocycles. The molecule has 0 bridgehead atoms. The fraction of sp³-hybridized carbons (Fsp3) is 0.100. The average Bonchev–Trinajstić information content (AvgIpc) is 3.10. The molecule has 3 aromatic rings. The van der Waals surface area contributed by atoms with Crippen LogP contribution in [0.1, 0.15) is 0 Å². The fourth-order valence-corrected chi connectivity index (χ4v) is 2.06.